The van der Waals surface area contributed by atoms with Crippen LogP contribution in [0.2, 0.25) is 0 Å². The molecule has 0 saturated carbocycles. The standard InChI is InChI=1S/C26H29N3O2S/c1-5-6-7-16-31-21-14-10-19(11-15-21)23-27-25-29(28-23)24(30)22(32-25)17-18-8-12-20(13-9-18)26(2,3)4/h8-15,17H,5-7,16H2,1-4H3/b22-17-. The van der Waals surface area contributed by atoms with Gasteiger partial charge in [-0.15, -0.1) is 5.10 Å². The summed E-state index contributed by atoms with van der Waals surface area (Å²) in [5.41, 5.74) is 3.09. The van der Waals surface area contributed by atoms with Crippen LogP contribution < -0.4 is 14.8 Å². The van der Waals surface area contributed by atoms with Crippen molar-refractivity contribution in [3.05, 3.63) is 74.5 Å². The second-order valence-electron chi connectivity index (χ2n) is 9.00. The Balaban J connectivity index is 1.54. The van der Waals surface area contributed by atoms with Gasteiger partial charge in [0.2, 0.25) is 4.96 Å². The van der Waals surface area contributed by atoms with Crippen LogP contribution in [0.15, 0.2) is 53.3 Å². The first-order valence-electron chi connectivity index (χ1n) is 11.1. The third-order valence-corrected chi connectivity index (χ3v) is 6.34. The van der Waals surface area contributed by atoms with Crippen molar-refractivity contribution in [3.8, 4) is 17.1 Å². The molecule has 0 saturated heterocycles. The zero-order valence-electron chi connectivity index (χ0n) is 19.1. The van der Waals surface area contributed by atoms with Gasteiger partial charge in [0, 0.05) is 5.56 Å². The van der Waals surface area contributed by atoms with Crippen LogP contribution in [0.3, 0.4) is 0 Å². The minimum atomic E-state index is -0.139. The molecule has 0 N–H and O–H groups in total. The van der Waals surface area contributed by atoms with Gasteiger partial charge in [-0.25, -0.2) is 0 Å². The number of rotatable bonds is 7. The van der Waals surface area contributed by atoms with E-state index in [9.17, 15) is 4.79 Å². The van der Waals surface area contributed by atoms with Crippen molar-refractivity contribution in [2.24, 2.45) is 0 Å². The van der Waals surface area contributed by atoms with Crippen molar-refractivity contribution in [1.82, 2.24) is 14.6 Å². The SMILES string of the molecule is CCCCCOc1ccc(-c2nc3s/c(=C\c4ccc(C(C)(C)C)cc4)c(=O)n3n2)cc1. The summed E-state index contributed by atoms with van der Waals surface area (Å²) in [5, 5.41) is 4.45. The third kappa shape index (κ3) is 4.91. The van der Waals surface area contributed by atoms with Crippen LogP contribution in [-0.2, 0) is 5.41 Å². The molecule has 0 amide bonds. The minimum Gasteiger partial charge on any atom is -0.494 e. The second-order valence-corrected chi connectivity index (χ2v) is 10.0. The summed E-state index contributed by atoms with van der Waals surface area (Å²) in [4.78, 5) is 18.0. The molecule has 0 aliphatic carbocycles. The number of nitrogens with zero attached hydrogens (tertiary/aromatic N) is 3. The normalized spacial score (nSPS) is 12.6. The highest BCUT2D eigenvalue weighted by molar-refractivity contribution is 7.15. The van der Waals surface area contributed by atoms with Gasteiger partial charge in [0.15, 0.2) is 5.82 Å². The third-order valence-electron chi connectivity index (χ3n) is 5.39. The molecular formula is C26H29N3O2S. The molecule has 0 unspecified atom stereocenters. The van der Waals surface area contributed by atoms with Gasteiger partial charge in [-0.1, -0.05) is 76.1 Å². The van der Waals surface area contributed by atoms with Crippen molar-refractivity contribution in [1.29, 1.82) is 0 Å². The van der Waals surface area contributed by atoms with E-state index < -0.39 is 0 Å². The number of fused-ring (bicyclic) bond motifs is 1. The maximum atomic E-state index is 12.8. The van der Waals surface area contributed by atoms with Gasteiger partial charge >= 0.3 is 0 Å². The van der Waals surface area contributed by atoms with E-state index >= 15 is 0 Å². The summed E-state index contributed by atoms with van der Waals surface area (Å²) >= 11 is 1.36. The van der Waals surface area contributed by atoms with Gasteiger partial charge in [0.05, 0.1) is 11.1 Å². The Morgan fingerprint density at radius 2 is 1.75 bits per heavy atom. The van der Waals surface area contributed by atoms with Gasteiger partial charge in [0.1, 0.15) is 5.75 Å². The van der Waals surface area contributed by atoms with Crippen molar-refractivity contribution in [2.75, 3.05) is 6.61 Å². The fourth-order valence-corrected chi connectivity index (χ4v) is 4.34. The highest BCUT2D eigenvalue weighted by Gasteiger charge is 2.14. The predicted molar refractivity (Wildman–Crippen MR) is 132 cm³/mol. The maximum Gasteiger partial charge on any atom is 0.291 e. The largest absolute Gasteiger partial charge is 0.494 e. The van der Waals surface area contributed by atoms with Gasteiger partial charge < -0.3 is 4.74 Å². The molecule has 2 heterocycles. The summed E-state index contributed by atoms with van der Waals surface area (Å²) < 4.78 is 7.79. The van der Waals surface area contributed by atoms with Crippen LogP contribution in [0.25, 0.3) is 22.4 Å². The number of hydrogen-bond donors (Lipinski definition) is 0. The van der Waals surface area contributed by atoms with E-state index in [4.69, 9.17) is 4.74 Å². The van der Waals surface area contributed by atoms with Crippen LogP contribution in [0.4, 0.5) is 0 Å². The molecule has 2 aromatic carbocycles. The Bertz CT molecular complexity index is 1300. The van der Waals surface area contributed by atoms with Crippen molar-refractivity contribution >= 4 is 22.4 Å². The van der Waals surface area contributed by atoms with Gasteiger partial charge in [0.25, 0.3) is 5.56 Å². The monoisotopic (exact) mass is 447 g/mol. The van der Waals surface area contributed by atoms with E-state index in [1.807, 2.05) is 42.5 Å². The number of ether oxygens (including phenoxy) is 1. The Morgan fingerprint density at radius 1 is 1.03 bits per heavy atom. The number of unbranched alkanes of at least 4 members (excludes halogenated alkanes) is 2. The lowest BCUT2D eigenvalue weighted by atomic mass is 9.87. The first-order chi connectivity index (χ1) is 15.3. The van der Waals surface area contributed by atoms with Crippen LogP contribution in [0.5, 0.6) is 5.75 Å². The van der Waals surface area contributed by atoms with E-state index in [0.717, 1.165) is 29.9 Å². The van der Waals surface area contributed by atoms with Crippen LogP contribution in [-0.4, -0.2) is 21.2 Å². The highest BCUT2D eigenvalue weighted by atomic mass is 32.1. The molecule has 0 aliphatic heterocycles. The van der Waals surface area contributed by atoms with E-state index in [1.54, 1.807) is 0 Å². The van der Waals surface area contributed by atoms with E-state index in [2.05, 4.69) is 49.9 Å². The molecule has 2 aromatic heterocycles. The average Bonchev–Trinajstić information content (AvgIpc) is 3.31. The van der Waals surface area contributed by atoms with Gasteiger partial charge in [-0.05, 0) is 53.3 Å². The van der Waals surface area contributed by atoms with Crippen LogP contribution in [0.1, 0.15) is 58.1 Å². The molecule has 0 radical (unpaired) electrons. The Hall–Kier alpha value is -2.99. The lowest BCUT2D eigenvalue weighted by Crippen LogP contribution is -2.23. The van der Waals surface area contributed by atoms with Gasteiger partial charge in [-0.3, -0.25) is 4.79 Å². The van der Waals surface area contributed by atoms with Crippen molar-refractivity contribution in [2.45, 2.75) is 52.4 Å². The van der Waals surface area contributed by atoms with E-state index in [-0.39, 0.29) is 11.0 Å². The zero-order chi connectivity index (χ0) is 22.7. The highest BCUT2D eigenvalue weighted by Crippen LogP contribution is 2.23. The van der Waals surface area contributed by atoms with Crippen LogP contribution in [0, 0.1) is 0 Å². The second kappa shape index (κ2) is 9.25. The number of hydrogen-bond acceptors (Lipinski definition) is 5. The molecule has 4 rings (SSSR count). The molecule has 0 atom stereocenters. The average molecular weight is 448 g/mol. The summed E-state index contributed by atoms with van der Waals surface area (Å²) in [5.74, 6) is 1.39. The zero-order valence-corrected chi connectivity index (χ0v) is 19.9. The molecule has 5 nitrogen and oxygen atoms in total. The molecule has 0 aliphatic rings. The molecular weight excluding hydrogens is 418 g/mol. The smallest absolute Gasteiger partial charge is 0.291 e. The quantitative estimate of drug-likeness (QED) is 0.364. The van der Waals surface area contributed by atoms with E-state index in [1.165, 1.54) is 34.3 Å². The lowest BCUT2D eigenvalue weighted by Gasteiger charge is -2.18. The van der Waals surface area contributed by atoms with Crippen molar-refractivity contribution < 1.29 is 4.74 Å². The fraction of sp³-hybridized carbons (Fsp3) is 0.346. The van der Waals surface area contributed by atoms with Gasteiger partial charge in [-0.2, -0.15) is 9.50 Å². The lowest BCUT2D eigenvalue weighted by molar-refractivity contribution is 0.306. The first-order valence-corrected chi connectivity index (χ1v) is 11.9. The number of thiazole rings is 1. The summed E-state index contributed by atoms with van der Waals surface area (Å²) in [6.45, 7) is 9.47. The van der Waals surface area contributed by atoms with Crippen molar-refractivity contribution in [3.63, 3.8) is 0 Å². The van der Waals surface area contributed by atoms with Crippen LogP contribution >= 0.6 is 11.3 Å². The fourth-order valence-electron chi connectivity index (χ4n) is 3.43. The molecule has 166 valence electrons. The topological polar surface area (TPSA) is 56.5 Å². The summed E-state index contributed by atoms with van der Waals surface area (Å²) in [7, 11) is 0. The predicted octanol–water partition coefficient (Wildman–Crippen LogP) is 5.23. The molecule has 32 heavy (non-hydrogen) atoms. The number of aromatic nitrogens is 3. The Kier molecular flexibility index (Phi) is 6.42. The Labute approximate surface area is 192 Å². The first kappa shape index (κ1) is 22.2. The van der Waals surface area contributed by atoms with E-state index in [0.29, 0.717) is 15.3 Å². The number of benzene rings is 2. The maximum absolute atomic E-state index is 12.8. The molecule has 6 heteroatoms. The summed E-state index contributed by atoms with van der Waals surface area (Å²) in [6.07, 6.45) is 5.31. The molecule has 4 aromatic rings. The molecule has 0 fully saturated rings. The summed E-state index contributed by atoms with van der Waals surface area (Å²) in [6, 6.07) is 16.0. The minimum absolute atomic E-state index is 0.103. The Morgan fingerprint density at radius 3 is 2.38 bits per heavy atom. The molecule has 0 spiro atoms. The molecule has 0 bridgehead atoms.